The van der Waals surface area contributed by atoms with Gasteiger partial charge in [-0.15, -0.1) is 0 Å². The topological polar surface area (TPSA) is 77.4 Å². The second-order valence-corrected chi connectivity index (χ2v) is 37.5. The molecule has 0 spiro atoms. The van der Waals surface area contributed by atoms with Gasteiger partial charge in [-0.1, -0.05) is 133 Å². The zero-order valence-corrected chi connectivity index (χ0v) is 35.6. The minimum atomic E-state index is -2.49. The molecule has 46 heavy (non-hydrogen) atoms. The Kier molecular flexibility index (Phi) is 18.6. The number of rotatable bonds is 14. The quantitative estimate of drug-likeness (QED) is 0.124. The molecule has 1 aliphatic rings. The maximum atomic E-state index is 11.8. The van der Waals surface area contributed by atoms with E-state index >= 15 is 0 Å². The summed E-state index contributed by atoms with van der Waals surface area (Å²) < 4.78 is 26.9. The summed E-state index contributed by atoms with van der Waals surface area (Å²) in [6.07, 6.45) is -5.48. The fourth-order valence-electron chi connectivity index (χ4n) is 6.80. The van der Waals surface area contributed by atoms with Crippen LogP contribution in [0.25, 0.3) is 0 Å². The van der Waals surface area contributed by atoms with E-state index in [-0.39, 0.29) is 48.7 Å². The Balaban J connectivity index is 0.00000185. The van der Waals surface area contributed by atoms with Crippen molar-refractivity contribution in [3.8, 4) is 0 Å². The van der Waals surface area contributed by atoms with E-state index in [4.69, 9.17) is 18.6 Å². The Bertz CT molecular complexity index is 1220. The number of hydrogen-bond donors (Lipinski definition) is 2. The van der Waals surface area contributed by atoms with Crippen molar-refractivity contribution in [1.29, 1.82) is 0 Å². The first kappa shape index (κ1) is 40.9. The number of halogens is 2. The summed E-state index contributed by atoms with van der Waals surface area (Å²) in [6, 6.07) is 29.7. The minimum absolute atomic E-state index is 0.190. The van der Waals surface area contributed by atoms with Crippen molar-refractivity contribution >= 4 is 36.9 Å². The van der Waals surface area contributed by atoms with Crippen molar-refractivity contribution in [2.24, 2.45) is 0 Å². The van der Waals surface area contributed by atoms with E-state index in [1.165, 1.54) is 0 Å². The van der Waals surface area contributed by atoms with Gasteiger partial charge < -0.3 is 28.8 Å². The van der Waals surface area contributed by atoms with Crippen molar-refractivity contribution < 1.29 is 54.3 Å². The van der Waals surface area contributed by atoms with Gasteiger partial charge in [-0.05, 0) is 33.3 Å². The number of benzene rings is 3. The average molecular weight is 1010 g/mol. The fraction of sp³-hybridized carbons (Fsp3) is 0.500. The van der Waals surface area contributed by atoms with Crippen LogP contribution in [0.15, 0.2) is 91.0 Å². The van der Waals surface area contributed by atoms with Gasteiger partial charge in [0, 0.05) is 0 Å². The van der Waals surface area contributed by atoms with Crippen molar-refractivity contribution in [2.45, 2.75) is 115 Å². The van der Waals surface area contributed by atoms with Crippen molar-refractivity contribution in [3.63, 3.8) is 0 Å². The Morgan fingerprint density at radius 3 is 1.15 bits per heavy atom. The third-order valence-electron chi connectivity index (χ3n) is 8.90. The van der Waals surface area contributed by atoms with Crippen LogP contribution < -0.4 is 0 Å². The molecule has 0 aromatic heterocycles. The van der Waals surface area contributed by atoms with Gasteiger partial charge in [0.2, 0.25) is 8.32 Å². The summed E-state index contributed by atoms with van der Waals surface area (Å²) in [5, 5.41) is 23.5. The van der Waals surface area contributed by atoms with Crippen LogP contribution in [0.4, 0.5) is 0 Å². The van der Waals surface area contributed by atoms with Crippen LogP contribution in [-0.4, -0.2) is 55.2 Å². The third kappa shape index (κ3) is 11.2. The summed E-state index contributed by atoms with van der Waals surface area (Å²) in [6.45, 7) is 14.2. The van der Waals surface area contributed by atoms with Gasteiger partial charge in [0.05, 0.1) is 19.8 Å². The van der Waals surface area contributed by atoms with Gasteiger partial charge in [-0.2, -0.15) is 0 Å². The molecule has 0 radical (unpaired) electrons. The summed E-state index contributed by atoms with van der Waals surface area (Å²) in [5.41, 5.74) is 3.81. The standard InChI is InChI=1S/C36H50O6Si.2HI.Sm/c1-25(2)43(26(3)4,27(5)6)42-34-32(38)31(37)33(39-22-28-16-10-7-11-17-28)35(40-23-29-18-12-8-13-19-29)36(34)41-24-30-20-14-9-15-21-30;;;/h7-21,25-27,31-38H,22-24H2,1-6H3;2*1H;/q;;;+2/p-2/t31?,32?,33-,34-,35+,36+;;;/m0.../s1. The molecular formula is C36H50I2O6SiSm. The van der Waals surface area contributed by atoms with Gasteiger partial charge in [0.1, 0.15) is 36.6 Å². The molecule has 3 aromatic carbocycles. The zero-order valence-electron chi connectivity index (χ0n) is 27.7. The molecule has 1 saturated carbocycles. The number of hydrogen-bond acceptors (Lipinski definition) is 6. The summed E-state index contributed by atoms with van der Waals surface area (Å²) in [5.74, 6) is 0. The molecule has 1 fully saturated rings. The normalized spacial score (nSPS) is 23.4. The third-order valence-corrected chi connectivity index (χ3v) is 15.0. The fourth-order valence-corrected chi connectivity index (χ4v) is 12.4. The molecule has 0 aliphatic heterocycles. The average Bonchev–Trinajstić information content (AvgIpc) is 3.04. The molecule has 254 valence electrons. The van der Waals surface area contributed by atoms with Gasteiger partial charge in [-0.3, -0.25) is 0 Å². The number of aliphatic hydroxyl groups excluding tert-OH is 2. The van der Waals surface area contributed by atoms with Crippen LogP contribution in [0.3, 0.4) is 0 Å². The van der Waals surface area contributed by atoms with E-state index in [1.807, 2.05) is 91.0 Å². The van der Waals surface area contributed by atoms with E-state index in [2.05, 4.69) is 70.1 Å². The summed E-state index contributed by atoms with van der Waals surface area (Å²) in [4.78, 5) is 0. The van der Waals surface area contributed by atoms with Gasteiger partial charge >= 0.3 is 54.0 Å². The number of aliphatic hydroxyl groups is 2. The van der Waals surface area contributed by atoms with E-state index in [1.54, 1.807) is 0 Å². The molecule has 0 amide bonds. The van der Waals surface area contributed by atoms with Crippen molar-refractivity contribution in [1.82, 2.24) is 0 Å². The van der Waals surface area contributed by atoms with Crippen LogP contribution in [-0.2, 0) is 38.5 Å². The van der Waals surface area contributed by atoms with Crippen LogP contribution >= 0.6 is 28.6 Å². The second-order valence-electron chi connectivity index (χ2n) is 12.7. The molecule has 0 heterocycles. The Hall–Kier alpha value is 0.435. The predicted octanol–water partition coefficient (Wildman–Crippen LogP) is 8.81. The van der Waals surface area contributed by atoms with Crippen LogP contribution in [0.1, 0.15) is 58.2 Å². The monoisotopic (exact) mass is 1010 g/mol. The molecular weight excluding hydrogens is 961 g/mol. The van der Waals surface area contributed by atoms with Crippen LogP contribution in [0.5, 0.6) is 0 Å². The molecule has 3 aromatic rings. The maximum absolute atomic E-state index is 11.8. The van der Waals surface area contributed by atoms with Crippen LogP contribution in [0.2, 0.25) is 16.6 Å². The Labute approximate surface area is 309 Å². The summed E-state index contributed by atoms with van der Waals surface area (Å²) in [7, 11) is -2.49. The second kappa shape index (κ2) is 21.0. The van der Waals surface area contributed by atoms with Crippen LogP contribution in [0, 0.1) is 25.5 Å². The van der Waals surface area contributed by atoms with E-state index in [0.717, 1.165) is 16.7 Å². The van der Waals surface area contributed by atoms with Gasteiger partial charge in [0.15, 0.2) is 0 Å². The first-order valence-electron chi connectivity index (χ1n) is 16.0. The zero-order chi connectivity index (χ0) is 33.7. The number of ether oxygens (including phenoxy) is 3. The Morgan fingerprint density at radius 1 is 0.543 bits per heavy atom. The molecule has 6 nitrogen and oxygen atoms in total. The van der Waals surface area contributed by atoms with Gasteiger partial charge in [0.25, 0.3) is 0 Å². The molecule has 10 heteroatoms. The van der Waals surface area contributed by atoms with E-state index in [0.29, 0.717) is 13.2 Å². The molecule has 2 unspecified atom stereocenters. The Morgan fingerprint density at radius 2 is 0.826 bits per heavy atom. The molecule has 1 aliphatic carbocycles. The first-order valence-corrected chi connectivity index (χ1v) is 33.1. The predicted molar refractivity (Wildman–Crippen MR) is 201 cm³/mol. The first-order chi connectivity index (χ1) is 22.1. The molecule has 0 saturated heterocycles. The molecule has 0 bridgehead atoms. The molecule has 2 N–H and O–H groups in total. The SMILES string of the molecule is CC(C)[Si](O[C@H]1C(O)C(O)[C@H](OCc2ccccc2)[C@@H](OCc2ccccc2)[C@@H]1OCc1ccccc1)(C(C)C)C(C)C.[I][Sm][I]. The van der Waals surface area contributed by atoms with Crippen molar-refractivity contribution in [2.75, 3.05) is 0 Å². The van der Waals surface area contributed by atoms with E-state index < -0.39 is 44.9 Å². The van der Waals surface area contributed by atoms with Gasteiger partial charge in [-0.25, -0.2) is 0 Å². The summed E-state index contributed by atoms with van der Waals surface area (Å²) >= 11 is 5.07. The molecule has 6 atom stereocenters. The van der Waals surface area contributed by atoms with Crippen molar-refractivity contribution in [3.05, 3.63) is 108 Å². The van der Waals surface area contributed by atoms with E-state index in [9.17, 15) is 10.2 Å². The molecule has 4 rings (SSSR count).